The van der Waals surface area contributed by atoms with Gasteiger partial charge >= 0.3 is 0 Å². The zero-order valence-electron chi connectivity index (χ0n) is 15.4. The number of halogens is 1. The number of aromatic hydroxyl groups is 1. The summed E-state index contributed by atoms with van der Waals surface area (Å²) in [5.41, 5.74) is 5.20. The monoisotopic (exact) mass is 461 g/mol. The van der Waals surface area contributed by atoms with E-state index in [0.29, 0.717) is 19.8 Å². The molecule has 154 valence electrons. The second kappa shape index (κ2) is 9.75. The van der Waals surface area contributed by atoms with E-state index in [1.165, 1.54) is 17.0 Å². The van der Waals surface area contributed by atoms with Crippen LogP contribution in [0.25, 0.3) is 6.08 Å². The second-order valence-corrected chi connectivity index (χ2v) is 8.21. The molecule has 0 radical (unpaired) electrons. The van der Waals surface area contributed by atoms with Gasteiger partial charge in [-0.25, -0.2) is 0 Å². The van der Waals surface area contributed by atoms with E-state index < -0.39 is 11.8 Å². The Kier molecular flexibility index (Phi) is 7.09. The van der Waals surface area contributed by atoms with Gasteiger partial charge in [-0.3, -0.25) is 30.1 Å². The summed E-state index contributed by atoms with van der Waals surface area (Å²) in [6.45, 7) is 0.0584. The van der Waals surface area contributed by atoms with Crippen molar-refractivity contribution in [1.82, 2.24) is 15.8 Å². The number of rotatable bonds is 5. The number of amides is 3. The van der Waals surface area contributed by atoms with Crippen molar-refractivity contribution in [3.05, 3.63) is 69.6 Å². The van der Waals surface area contributed by atoms with Crippen molar-refractivity contribution >= 4 is 63.7 Å². The van der Waals surface area contributed by atoms with Gasteiger partial charge in [-0.15, -0.1) is 0 Å². The van der Waals surface area contributed by atoms with E-state index in [1.54, 1.807) is 36.4 Å². The predicted octanol–water partition coefficient (Wildman–Crippen LogP) is 3.10. The summed E-state index contributed by atoms with van der Waals surface area (Å²) in [4.78, 5) is 38.4. The molecule has 3 amide bonds. The number of nitrogens with zero attached hydrogens (tertiary/aromatic N) is 1. The van der Waals surface area contributed by atoms with Crippen LogP contribution in [-0.2, 0) is 9.59 Å². The lowest BCUT2D eigenvalue weighted by Gasteiger charge is -2.14. The van der Waals surface area contributed by atoms with Crippen LogP contribution >= 0.6 is 35.6 Å². The Morgan fingerprint density at radius 3 is 2.57 bits per heavy atom. The SMILES string of the molecule is O=C(CCN1C(=O)/C(=C\c2ccccc2Cl)SC1=S)NNC(=O)c1ccccc1O. The first-order valence-electron chi connectivity index (χ1n) is 8.74. The van der Waals surface area contributed by atoms with Gasteiger partial charge in [0.25, 0.3) is 11.8 Å². The number of hydrogen-bond donors (Lipinski definition) is 3. The summed E-state index contributed by atoms with van der Waals surface area (Å²) in [7, 11) is 0. The van der Waals surface area contributed by atoms with E-state index in [2.05, 4.69) is 10.9 Å². The molecule has 0 saturated carbocycles. The quantitative estimate of drug-likeness (QED) is 0.359. The van der Waals surface area contributed by atoms with E-state index in [4.69, 9.17) is 23.8 Å². The number of benzene rings is 2. The maximum atomic E-state index is 12.6. The lowest BCUT2D eigenvalue weighted by Crippen LogP contribution is -2.43. The number of hydrazine groups is 1. The van der Waals surface area contributed by atoms with Gasteiger partial charge in [-0.05, 0) is 29.8 Å². The molecule has 3 N–H and O–H groups in total. The zero-order valence-corrected chi connectivity index (χ0v) is 17.8. The fourth-order valence-corrected chi connectivity index (χ4v) is 4.05. The second-order valence-electron chi connectivity index (χ2n) is 6.12. The Morgan fingerprint density at radius 1 is 1.13 bits per heavy atom. The lowest BCUT2D eigenvalue weighted by atomic mass is 10.2. The largest absolute Gasteiger partial charge is 0.507 e. The van der Waals surface area contributed by atoms with Gasteiger partial charge in [-0.1, -0.05) is 65.9 Å². The summed E-state index contributed by atoms with van der Waals surface area (Å²) >= 11 is 12.5. The van der Waals surface area contributed by atoms with Crippen LogP contribution in [-0.4, -0.2) is 38.6 Å². The van der Waals surface area contributed by atoms with E-state index in [0.717, 1.165) is 11.8 Å². The molecule has 30 heavy (non-hydrogen) atoms. The molecule has 0 bridgehead atoms. The number of thioether (sulfide) groups is 1. The third kappa shape index (κ3) is 5.18. The number of hydrogen-bond acceptors (Lipinski definition) is 6. The molecule has 1 heterocycles. The van der Waals surface area contributed by atoms with Gasteiger partial charge in [0.2, 0.25) is 5.91 Å². The number of nitrogens with one attached hydrogen (secondary N) is 2. The molecule has 7 nitrogen and oxygen atoms in total. The molecule has 0 aromatic heterocycles. The van der Waals surface area contributed by atoms with Gasteiger partial charge in [0.05, 0.1) is 10.5 Å². The predicted molar refractivity (Wildman–Crippen MR) is 120 cm³/mol. The molecule has 0 unspecified atom stereocenters. The smallest absolute Gasteiger partial charge is 0.273 e. The maximum absolute atomic E-state index is 12.6. The Balaban J connectivity index is 1.54. The fourth-order valence-electron chi connectivity index (χ4n) is 2.56. The highest BCUT2D eigenvalue weighted by Crippen LogP contribution is 2.33. The minimum Gasteiger partial charge on any atom is -0.507 e. The Morgan fingerprint density at radius 2 is 1.83 bits per heavy atom. The fraction of sp³-hybridized carbons (Fsp3) is 0.100. The summed E-state index contributed by atoms with van der Waals surface area (Å²) in [5, 5.41) is 10.2. The van der Waals surface area contributed by atoms with E-state index in [-0.39, 0.29) is 30.2 Å². The molecular formula is C20H16ClN3O4S2. The Labute approximate surface area is 187 Å². The standard InChI is InChI=1S/C20H16ClN3O4S2/c21-14-7-3-1-5-12(14)11-16-19(28)24(20(29)30-16)10-9-17(26)22-23-18(27)13-6-2-4-8-15(13)25/h1-8,11,25H,9-10H2,(H,22,26)(H,23,27)/b16-11+. The van der Waals surface area contributed by atoms with Crippen LogP contribution in [0.5, 0.6) is 5.75 Å². The third-order valence-corrected chi connectivity index (χ3v) is 5.81. The van der Waals surface area contributed by atoms with Crippen molar-refractivity contribution in [3.8, 4) is 5.75 Å². The normalized spacial score (nSPS) is 14.8. The Hall–Kier alpha value is -2.88. The number of phenolic OH excluding ortho intramolecular Hbond substituents is 1. The molecule has 1 saturated heterocycles. The average Bonchev–Trinajstić information content (AvgIpc) is 2.99. The number of para-hydroxylation sites is 1. The minimum absolute atomic E-state index is 0.0273. The van der Waals surface area contributed by atoms with Crippen LogP contribution in [0.2, 0.25) is 5.02 Å². The third-order valence-electron chi connectivity index (χ3n) is 4.09. The van der Waals surface area contributed by atoms with Gasteiger partial charge < -0.3 is 5.11 Å². The molecular weight excluding hydrogens is 446 g/mol. The summed E-state index contributed by atoms with van der Waals surface area (Å²) in [6, 6.07) is 13.1. The number of carbonyl (C=O) groups is 3. The van der Waals surface area contributed by atoms with Crippen LogP contribution in [0.15, 0.2) is 53.4 Å². The molecule has 1 aliphatic rings. The van der Waals surface area contributed by atoms with Crippen molar-refractivity contribution < 1.29 is 19.5 Å². The van der Waals surface area contributed by atoms with Crippen molar-refractivity contribution in [1.29, 1.82) is 0 Å². The molecule has 1 aliphatic heterocycles. The van der Waals surface area contributed by atoms with Gasteiger partial charge in [0, 0.05) is 18.0 Å². The van der Waals surface area contributed by atoms with Crippen molar-refractivity contribution in [2.24, 2.45) is 0 Å². The summed E-state index contributed by atoms with van der Waals surface area (Å²) in [5.74, 6) is -1.68. The van der Waals surface area contributed by atoms with Crippen molar-refractivity contribution in [2.45, 2.75) is 6.42 Å². The molecule has 0 spiro atoms. The molecule has 2 aromatic carbocycles. The van der Waals surface area contributed by atoms with Gasteiger partial charge in [-0.2, -0.15) is 0 Å². The number of carbonyl (C=O) groups excluding carboxylic acids is 3. The Bertz CT molecular complexity index is 1060. The summed E-state index contributed by atoms with van der Waals surface area (Å²) < 4.78 is 0.337. The zero-order chi connectivity index (χ0) is 21.7. The highest BCUT2D eigenvalue weighted by Gasteiger charge is 2.32. The van der Waals surface area contributed by atoms with E-state index >= 15 is 0 Å². The average molecular weight is 462 g/mol. The highest BCUT2D eigenvalue weighted by atomic mass is 35.5. The van der Waals surface area contributed by atoms with Crippen molar-refractivity contribution in [2.75, 3.05) is 6.54 Å². The first kappa shape index (κ1) is 21.8. The van der Waals surface area contributed by atoms with Crippen LogP contribution < -0.4 is 10.9 Å². The maximum Gasteiger partial charge on any atom is 0.273 e. The van der Waals surface area contributed by atoms with E-state index in [9.17, 15) is 19.5 Å². The van der Waals surface area contributed by atoms with Crippen LogP contribution in [0.3, 0.4) is 0 Å². The lowest BCUT2D eigenvalue weighted by molar-refractivity contribution is -0.124. The van der Waals surface area contributed by atoms with Gasteiger partial charge in [0.15, 0.2) is 0 Å². The highest BCUT2D eigenvalue weighted by molar-refractivity contribution is 8.26. The molecule has 10 heteroatoms. The van der Waals surface area contributed by atoms with Crippen molar-refractivity contribution in [3.63, 3.8) is 0 Å². The summed E-state index contributed by atoms with van der Waals surface area (Å²) in [6.07, 6.45) is 1.58. The van der Waals surface area contributed by atoms with E-state index in [1.807, 2.05) is 6.07 Å². The molecule has 3 rings (SSSR count). The first-order chi connectivity index (χ1) is 14.4. The van der Waals surface area contributed by atoms with Crippen LogP contribution in [0.1, 0.15) is 22.3 Å². The molecule has 1 fully saturated rings. The molecule has 0 atom stereocenters. The number of phenols is 1. The molecule has 2 aromatic rings. The van der Waals surface area contributed by atoms with Crippen LogP contribution in [0.4, 0.5) is 0 Å². The molecule has 0 aliphatic carbocycles. The number of thiocarbonyl (C=S) groups is 1. The first-order valence-corrected chi connectivity index (χ1v) is 10.3. The van der Waals surface area contributed by atoms with Crippen LogP contribution in [0, 0.1) is 0 Å². The van der Waals surface area contributed by atoms with Gasteiger partial charge in [0.1, 0.15) is 10.1 Å². The topological polar surface area (TPSA) is 98.7 Å². The minimum atomic E-state index is -0.658.